The molecule has 0 aliphatic carbocycles. The van der Waals surface area contributed by atoms with Gasteiger partial charge >= 0.3 is 0 Å². The molecule has 5 rings (SSSR count). The molecule has 1 saturated heterocycles. The summed E-state index contributed by atoms with van der Waals surface area (Å²) in [5.74, 6) is 1.47. The van der Waals surface area contributed by atoms with Crippen LogP contribution in [0.25, 0.3) is 22.6 Å². The van der Waals surface area contributed by atoms with Crippen LogP contribution in [0.2, 0.25) is 0 Å². The fourth-order valence-corrected chi connectivity index (χ4v) is 4.40. The molecule has 0 spiro atoms. The van der Waals surface area contributed by atoms with Crippen molar-refractivity contribution >= 4 is 0 Å². The molecule has 6 heteroatoms. The summed E-state index contributed by atoms with van der Waals surface area (Å²) in [5.41, 5.74) is 4.37. The number of aromatic nitrogens is 3. The standard InChI is InChI=1S/C27H28N4O2/c1-20-6-5-9-23(14-20)26-28-17-21(18-29-26)19-31-12-10-27(32,11-13-31)16-24-15-25(30-33-24)22-7-3-2-4-8-22/h2-9,14-15,17-18,32H,10-13,16,19H2,1H3. The van der Waals surface area contributed by atoms with Gasteiger partial charge in [0.25, 0.3) is 0 Å². The van der Waals surface area contributed by atoms with Gasteiger partial charge in [0.1, 0.15) is 11.5 Å². The first-order valence-electron chi connectivity index (χ1n) is 11.4. The molecule has 0 radical (unpaired) electrons. The summed E-state index contributed by atoms with van der Waals surface area (Å²) < 4.78 is 5.52. The van der Waals surface area contributed by atoms with E-state index in [2.05, 4.69) is 39.1 Å². The van der Waals surface area contributed by atoms with Crippen LogP contribution in [0.3, 0.4) is 0 Å². The Kier molecular flexibility index (Phi) is 6.03. The van der Waals surface area contributed by atoms with Crippen LogP contribution < -0.4 is 0 Å². The monoisotopic (exact) mass is 440 g/mol. The number of rotatable bonds is 6. The molecule has 1 N–H and O–H groups in total. The van der Waals surface area contributed by atoms with E-state index in [-0.39, 0.29) is 0 Å². The Balaban J connectivity index is 1.16. The van der Waals surface area contributed by atoms with Crippen LogP contribution in [0.15, 0.2) is 77.6 Å². The lowest BCUT2D eigenvalue weighted by Gasteiger charge is -2.37. The predicted molar refractivity (Wildman–Crippen MR) is 127 cm³/mol. The number of nitrogens with zero attached hydrogens (tertiary/aromatic N) is 4. The SMILES string of the molecule is Cc1cccc(-c2ncc(CN3CCC(O)(Cc4cc(-c5ccccc5)no4)CC3)cn2)c1. The molecule has 3 heterocycles. The summed E-state index contributed by atoms with van der Waals surface area (Å²) in [5, 5.41) is 15.3. The fraction of sp³-hybridized carbons (Fsp3) is 0.296. The maximum atomic E-state index is 11.1. The van der Waals surface area contributed by atoms with E-state index in [1.807, 2.05) is 60.9 Å². The Hall–Kier alpha value is -3.35. The van der Waals surface area contributed by atoms with Crippen LogP contribution in [0.5, 0.6) is 0 Å². The average Bonchev–Trinajstić information content (AvgIpc) is 3.30. The quantitative estimate of drug-likeness (QED) is 0.469. The molecule has 1 aliphatic rings. The second-order valence-electron chi connectivity index (χ2n) is 9.01. The van der Waals surface area contributed by atoms with Gasteiger partial charge < -0.3 is 9.63 Å². The molecule has 33 heavy (non-hydrogen) atoms. The highest BCUT2D eigenvalue weighted by atomic mass is 16.5. The van der Waals surface area contributed by atoms with Gasteiger partial charge in [0.15, 0.2) is 5.82 Å². The lowest BCUT2D eigenvalue weighted by Crippen LogP contribution is -2.45. The number of likely N-dealkylation sites (tertiary alicyclic amines) is 1. The van der Waals surface area contributed by atoms with Crippen LogP contribution in [0.4, 0.5) is 0 Å². The third-order valence-corrected chi connectivity index (χ3v) is 6.31. The summed E-state index contributed by atoms with van der Waals surface area (Å²) in [6, 6.07) is 20.1. The van der Waals surface area contributed by atoms with Crippen LogP contribution in [0.1, 0.15) is 29.7 Å². The number of hydrogen-bond acceptors (Lipinski definition) is 6. The predicted octanol–water partition coefficient (Wildman–Crippen LogP) is 4.68. The maximum absolute atomic E-state index is 11.1. The third kappa shape index (κ3) is 5.18. The van der Waals surface area contributed by atoms with Gasteiger partial charge in [-0.25, -0.2) is 9.97 Å². The minimum Gasteiger partial charge on any atom is -0.389 e. The number of hydrogen-bond donors (Lipinski definition) is 1. The lowest BCUT2D eigenvalue weighted by atomic mass is 9.87. The van der Waals surface area contributed by atoms with Crippen molar-refractivity contribution in [1.82, 2.24) is 20.0 Å². The number of piperidine rings is 1. The second-order valence-corrected chi connectivity index (χ2v) is 9.01. The molecular weight excluding hydrogens is 412 g/mol. The minimum absolute atomic E-state index is 0.481. The molecule has 1 fully saturated rings. The zero-order valence-corrected chi connectivity index (χ0v) is 18.8. The van der Waals surface area contributed by atoms with Crippen molar-refractivity contribution in [3.63, 3.8) is 0 Å². The van der Waals surface area contributed by atoms with Crippen LogP contribution in [-0.2, 0) is 13.0 Å². The number of aliphatic hydroxyl groups is 1. The van der Waals surface area contributed by atoms with E-state index in [9.17, 15) is 5.11 Å². The van der Waals surface area contributed by atoms with E-state index in [0.717, 1.165) is 53.6 Å². The average molecular weight is 441 g/mol. The highest BCUT2D eigenvalue weighted by Gasteiger charge is 2.33. The highest BCUT2D eigenvalue weighted by Crippen LogP contribution is 2.29. The molecule has 4 aromatic rings. The maximum Gasteiger partial charge on any atom is 0.159 e. The zero-order chi connectivity index (χ0) is 22.7. The normalized spacial score (nSPS) is 16.1. The summed E-state index contributed by atoms with van der Waals surface area (Å²) in [6.07, 6.45) is 5.68. The molecule has 0 atom stereocenters. The Morgan fingerprint density at radius 3 is 2.39 bits per heavy atom. The first kappa shape index (κ1) is 21.5. The van der Waals surface area contributed by atoms with Gasteiger partial charge in [0.05, 0.1) is 5.60 Å². The minimum atomic E-state index is -0.768. The van der Waals surface area contributed by atoms with Crippen molar-refractivity contribution in [2.75, 3.05) is 13.1 Å². The third-order valence-electron chi connectivity index (χ3n) is 6.31. The molecule has 1 aliphatic heterocycles. The molecule has 0 bridgehead atoms. The highest BCUT2D eigenvalue weighted by molar-refractivity contribution is 5.58. The lowest BCUT2D eigenvalue weighted by molar-refractivity contribution is -0.0265. The van der Waals surface area contributed by atoms with Gasteiger partial charge in [0, 0.05) is 61.2 Å². The summed E-state index contributed by atoms with van der Waals surface area (Å²) in [7, 11) is 0. The first-order chi connectivity index (χ1) is 16.1. The number of aryl methyl sites for hydroxylation is 1. The van der Waals surface area contributed by atoms with Crippen LogP contribution in [0, 0.1) is 6.92 Å². The molecule has 6 nitrogen and oxygen atoms in total. The topological polar surface area (TPSA) is 75.3 Å². The van der Waals surface area contributed by atoms with E-state index in [4.69, 9.17) is 4.52 Å². The van der Waals surface area contributed by atoms with Gasteiger partial charge in [-0.15, -0.1) is 0 Å². The molecule has 168 valence electrons. The summed E-state index contributed by atoms with van der Waals surface area (Å²) >= 11 is 0. The van der Waals surface area contributed by atoms with Crippen molar-refractivity contribution in [2.45, 2.75) is 38.3 Å². The number of benzene rings is 2. The van der Waals surface area contributed by atoms with Crippen LogP contribution >= 0.6 is 0 Å². The van der Waals surface area contributed by atoms with Gasteiger partial charge in [-0.3, -0.25) is 4.90 Å². The molecular formula is C27H28N4O2. The van der Waals surface area contributed by atoms with Gasteiger partial charge in [-0.05, 0) is 25.8 Å². The molecule has 0 unspecified atom stereocenters. The van der Waals surface area contributed by atoms with E-state index in [1.165, 1.54) is 5.56 Å². The van der Waals surface area contributed by atoms with Gasteiger partial charge in [-0.2, -0.15) is 0 Å². The van der Waals surface area contributed by atoms with E-state index in [0.29, 0.717) is 19.3 Å². The molecule has 0 amide bonds. The largest absolute Gasteiger partial charge is 0.389 e. The van der Waals surface area contributed by atoms with Crippen molar-refractivity contribution in [2.24, 2.45) is 0 Å². The summed E-state index contributed by atoms with van der Waals surface area (Å²) in [4.78, 5) is 11.5. The Labute approximate surface area is 193 Å². The molecule has 2 aromatic heterocycles. The fourth-order valence-electron chi connectivity index (χ4n) is 4.40. The Bertz CT molecular complexity index is 1200. The zero-order valence-electron chi connectivity index (χ0n) is 18.8. The molecule has 0 saturated carbocycles. The van der Waals surface area contributed by atoms with Crippen molar-refractivity contribution in [3.05, 3.63) is 89.9 Å². The molecule has 2 aromatic carbocycles. The first-order valence-corrected chi connectivity index (χ1v) is 11.4. The van der Waals surface area contributed by atoms with Gasteiger partial charge in [0.2, 0.25) is 0 Å². The van der Waals surface area contributed by atoms with Crippen molar-refractivity contribution in [3.8, 4) is 22.6 Å². The smallest absolute Gasteiger partial charge is 0.159 e. The van der Waals surface area contributed by atoms with Crippen LogP contribution in [-0.4, -0.2) is 43.8 Å². The van der Waals surface area contributed by atoms with Crippen molar-refractivity contribution in [1.29, 1.82) is 0 Å². The van der Waals surface area contributed by atoms with E-state index >= 15 is 0 Å². The Morgan fingerprint density at radius 2 is 1.67 bits per heavy atom. The van der Waals surface area contributed by atoms with Crippen molar-refractivity contribution < 1.29 is 9.63 Å². The summed E-state index contributed by atoms with van der Waals surface area (Å²) in [6.45, 7) is 4.48. The van der Waals surface area contributed by atoms with E-state index in [1.54, 1.807) is 0 Å². The second kappa shape index (κ2) is 9.25. The van der Waals surface area contributed by atoms with Gasteiger partial charge in [-0.1, -0.05) is 59.3 Å². The Morgan fingerprint density at radius 1 is 0.939 bits per heavy atom. The van der Waals surface area contributed by atoms with E-state index < -0.39 is 5.60 Å².